The second-order valence-corrected chi connectivity index (χ2v) is 3.07. The molecule has 0 amide bonds. The quantitative estimate of drug-likeness (QED) is 0.740. The highest BCUT2D eigenvalue weighted by molar-refractivity contribution is 5.24. The van der Waals surface area contributed by atoms with Crippen LogP contribution in [0.1, 0.15) is 11.7 Å². The van der Waals surface area contributed by atoms with Gasteiger partial charge in [-0.05, 0) is 17.7 Å². The van der Waals surface area contributed by atoms with Crippen molar-refractivity contribution in [3.05, 3.63) is 54.4 Å². The standard InChI is InChI=1S/C11H11NO/c13-11(9-3-1-2-4-9)10-5-7-12-8-6-10/h1-9,11,13H. The fourth-order valence-electron chi connectivity index (χ4n) is 1.44. The first-order valence-corrected chi connectivity index (χ1v) is 4.31. The molecule has 0 fully saturated rings. The van der Waals surface area contributed by atoms with E-state index < -0.39 is 6.10 Å². The first kappa shape index (κ1) is 8.20. The highest BCUT2D eigenvalue weighted by Gasteiger charge is 2.16. The van der Waals surface area contributed by atoms with E-state index in [9.17, 15) is 5.11 Å². The number of pyridine rings is 1. The molecule has 0 aliphatic heterocycles. The van der Waals surface area contributed by atoms with Gasteiger partial charge in [0.25, 0.3) is 0 Å². The summed E-state index contributed by atoms with van der Waals surface area (Å²) in [6, 6.07) is 3.68. The first-order valence-electron chi connectivity index (χ1n) is 4.31. The Morgan fingerprint density at radius 3 is 2.38 bits per heavy atom. The molecule has 1 aromatic heterocycles. The van der Waals surface area contributed by atoms with Crippen LogP contribution in [0.5, 0.6) is 0 Å². The third-order valence-corrected chi connectivity index (χ3v) is 2.19. The minimum absolute atomic E-state index is 0.113. The number of aromatic nitrogens is 1. The van der Waals surface area contributed by atoms with Gasteiger partial charge in [0.1, 0.15) is 0 Å². The van der Waals surface area contributed by atoms with Crippen molar-refractivity contribution in [2.75, 3.05) is 0 Å². The van der Waals surface area contributed by atoms with Crippen molar-refractivity contribution >= 4 is 0 Å². The van der Waals surface area contributed by atoms with Gasteiger partial charge in [-0.15, -0.1) is 0 Å². The molecule has 1 aliphatic carbocycles. The molecule has 1 N–H and O–H groups in total. The van der Waals surface area contributed by atoms with Crippen LogP contribution in [0.3, 0.4) is 0 Å². The summed E-state index contributed by atoms with van der Waals surface area (Å²) in [5.41, 5.74) is 0.913. The number of nitrogens with zero attached hydrogens (tertiary/aromatic N) is 1. The maximum Gasteiger partial charge on any atom is 0.0888 e. The smallest absolute Gasteiger partial charge is 0.0888 e. The Labute approximate surface area is 77.2 Å². The lowest BCUT2D eigenvalue weighted by molar-refractivity contribution is 0.152. The largest absolute Gasteiger partial charge is 0.387 e. The van der Waals surface area contributed by atoms with Crippen molar-refractivity contribution in [2.24, 2.45) is 5.92 Å². The predicted molar refractivity (Wildman–Crippen MR) is 51.0 cm³/mol. The second-order valence-electron chi connectivity index (χ2n) is 3.07. The number of allylic oxidation sites excluding steroid dienone is 2. The van der Waals surface area contributed by atoms with E-state index in [1.54, 1.807) is 12.4 Å². The van der Waals surface area contributed by atoms with Gasteiger partial charge in [0, 0.05) is 18.3 Å². The normalized spacial score (nSPS) is 17.9. The molecule has 0 bridgehead atoms. The molecule has 0 saturated carbocycles. The summed E-state index contributed by atoms with van der Waals surface area (Å²) in [6.45, 7) is 0. The maximum atomic E-state index is 9.89. The number of hydrogen-bond acceptors (Lipinski definition) is 2. The molecule has 0 saturated heterocycles. The van der Waals surface area contributed by atoms with Crippen LogP contribution in [0.15, 0.2) is 48.8 Å². The molecular formula is C11H11NO. The lowest BCUT2D eigenvalue weighted by Crippen LogP contribution is -2.06. The third kappa shape index (κ3) is 1.68. The third-order valence-electron chi connectivity index (χ3n) is 2.19. The zero-order valence-corrected chi connectivity index (χ0v) is 7.17. The molecule has 0 radical (unpaired) electrons. The van der Waals surface area contributed by atoms with Crippen molar-refractivity contribution in [1.29, 1.82) is 0 Å². The highest BCUT2D eigenvalue weighted by Crippen LogP contribution is 2.26. The van der Waals surface area contributed by atoms with Crippen LogP contribution < -0.4 is 0 Å². The van der Waals surface area contributed by atoms with Crippen LogP contribution in [0.2, 0.25) is 0 Å². The van der Waals surface area contributed by atoms with Gasteiger partial charge in [-0.25, -0.2) is 0 Å². The topological polar surface area (TPSA) is 33.1 Å². The Morgan fingerprint density at radius 2 is 1.77 bits per heavy atom. The lowest BCUT2D eigenvalue weighted by atomic mass is 9.98. The monoisotopic (exact) mass is 173 g/mol. The Balaban J connectivity index is 2.18. The van der Waals surface area contributed by atoms with E-state index in [0.29, 0.717) is 0 Å². The van der Waals surface area contributed by atoms with Gasteiger partial charge in [0.15, 0.2) is 0 Å². The molecule has 0 spiro atoms. The first-order chi connectivity index (χ1) is 6.38. The average Bonchev–Trinajstić information content (AvgIpc) is 2.71. The van der Waals surface area contributed by atoms with Crippen molar-refractivity contribution in [2.45, 2.75) is 6.10 Å². The van der Waals surface area contributed by atoms with E-state index in [4.69, 9.17) is 0 Å². The lowest BCUT2D eigenvalue weighted by Gasteiger charge is -2.14. The molecule has 1 aromatic rings. The van der Waals surface area contributed by atoms with Crippen LogP contribution in [0.4, 0.5) is 0 Å². The molecule has 1 unspecified atom stereocenters. The van der Waals surface area contributed by atoms with Gasteiger partial charge in [0.2, 0.25) is 0 Å². The van der Waals surface area contributed by atoms with E-state index >= 15 is 0 Å². The highest BCUT2D eigenvalue weighted by atomic mass is 16.3. The van der Waals surface area contributed by atoms with Gasteiger partial charge in [-0.1, -0.05) is 24.3 Å². The summed E-state index contributed by atoms with van der Waals surface area (Å²) in [7, 11) is 0. The molecular weight excluding hydrogens is 162 g/mol. The number of rotatable bonds is 2. The molecule has 0 aromatic carbocycles. The van der Waals surface area contributed by atoms with Crippen molar-refractivity contribution in [3.8, 4) is 0 Å². The zero-order valence-electron chi connectivity index (χ0n) is 7.17. The molecule has 66 valence electrons. The van der Waals surface area contributed by atoms with Crippen LogP contribution >= 0.6 is 0 Å². The Hall–Kier alpha value is -1.41. The van der Waals surface area contributed by atoms with Crippen molar-refractivity contribution < 1.29 is 5.11 Å². The summed E-state index contributed by atoms with van der Waals surface area (Å²) >= 11 is 0. The molecule has 2 heteroatoms. The van der Waals surface area contributed by atoms with Crippen LogP contribution in [-0.2, 0) is 0 Å². The molecule has 1 atom stereocenters. The predicted octanol–water partition coefficient (Wildman–Crippen LogP) is 1.86. The number of aliphatic hydroxyl groups is 1. The molecule has 2 nitrogen and oxygen atoms in total. The zero-order chi connectivity index (χ0) is 9.10. The van der Waals surface area contributed by atoms with Gasteiger partial charge in [-0.3, -0.25) is 4.98 Å². The second kappa shape index (κ2) is 3.54. The van der Waals surface area contributed by atoms with Crippen LogP contribution in [0.25, 0.3) is 0 Å². The summed E-state index contributed by atoms with van der Waals surface area (Å²) in [4.78, 5) is 3.91. The minimum atomic E-state index is -0.446. The molecule has 1 aliphatic rings. The van der Waals surface area contributed by atoms with Gasteiger partial charge in [-0.2, -0.15) is 0 Å². The SMILES string of the molecule is OC(c1ccncc1)C1C=CC=C1. The van der Waals surface area contributed by atoms with Crippen LogP contribution in [-0.4, -0.2) is 10.1 Å². The Kier molecular flexibility index (Phi) is 2.23. The number of aliphatic hydroxyl groups excluding tert-OH is 1. The van der Waals surface area contributed by atoms with E-state index in [1.165, 1.54) is 0 Å². The van der Waals surface area contributed by atoms with Gasteiger partial charge in [0.05, 0.1) is 6.10 Å². The fourth-order valence-corrected chi connectivity index (χ4v) is 1.44. The van der Waals surface area contributed by atoms with E-state index in [-0.39, 0.29) is 5.92 Å². The van der Waals surface area contributed by atoms with Crippen LogP contribution in [0, 0.1) is 5.92 Å². The minimum Gasteiger partial charge on any atom is -0.387 e. The molecule has 1 heterocycles. The summed E-state index contributed by atoms with van der Waals surface area (Å²) in [5, 5.41) is 9.89. The summed E-state index contributed by atoms with van der Waals surface area (Å²) in [5.74, 6) is 0.113. The van der Waals surface area contributed by atoms with E-state index in [1.807, 2.05) is 36.4 Å². The Morgan fingerprint density at radius 1 is 1.15 bits per heavy atom. The van der Waals surface area contributed by atoms with Gasteiger partial charge < -0.3 is 5.11 Å². The average molecular weight is 173 g/mol. The summed E-state index contributed by atoms with van der Waals surface area (Å²) in [6.07, 6.45) is 10.8. The summed E-state index contributed by atoms with van der Waals surface area (Å²) < 4.78 is 0. The maximum absolute atomic E-state index is 9.89. The molecule has 2 rings (SSSR count). The fraction of sp³-hybridized carbons (Fsp3) is 0.182. The van der Waals surface area contributed by atoms with Crippen molar-refractivity contribution in [3.63, 3.8) is 0 Å². The number of hydrogen-bond donors (Lipinski definition) is 1. The van der Waals surface area contributed by atoms with Crippen molar-refractivity contribution in [1.82, 2.24) is 4.98 Å². The Bertz CT molecular complexity index is 317. The van der Waals surface area contributed by atoms with E-state index in [0.717, 1.165) is 5.56 Å². The van der Waals surface area contributed by atoms with E-state index in [2.05, 4.69) is 4.98 Å². The van der Waals surface area contributed by atoms with Gasteiger partial charge >= 0.3 is 0 Å². The molecule has 13 heavy (non-hydrogen) atoms.